The fourth-order valence-corrected chi connectivity index (χ4v) is 2.48. The Balaban J connectivity index is 2.06. The summed E-state index contributed by atoms with van der Waals surface area (Å²) in [4.78, 5) is 11.8. The van der Waals surface area contributed by atoms with Gasteiger partial charge in [-0.25, -0.2) is 0 Å². The van der Waals surface area contributed by atoms with Crippen LogP contribution in [-0.4, -0.2) is 24.7 Å². The van der Waals surface area contributed by atoms with Gasteiger partial charge in [0.25, 0.3) is 0 Å². The smallest absolute Gasteiger partial charge is 0.326 e. The maximum absolute atomic E-state index is 11.8. The van der Waals surface area contributed by atoms with Crippen molar-refractivity contribution in [3.8, 4) is 0 Å². The molecule has 2 rings (SSSR count). The van der Waals surface area contributed by atoms with Gasteiger partial charge >= 0.3 is 5.97 Å². The van der Waals surface area contributed by atoms with Crippen LogP contribution in [0.15, 0.2) is 0 Å². The normalized spacial score (nSPS) is 37.1. The molecule has 2 aliphatic rings. The highest BCUT2D eigenvalue weighted by Gasteiger charge is 2.47. The van der Waals surface area contributed by atoms with Crippen LogP contribution >= 0.6 is 0 Å². The van der Waals surface area contributed by atoms with E-state index in [2.05, 4.69) is 12.2 Å². The zero-order valence-corrected chi connectivity index (χ0v) is 9.01. The van der Waals surface area contributed by atoms with Crippen LogP contribution in [0.4, 0.5) is 0 Å². The summed E-state index contributed by atoms with van der Waals surface area (Å²) in [5.74, 6) is 0.578. The predicted molar refractivity (Wildman–Crippen MR) is 53.9 cm³/mol. The van der Waals surface area contributed by atoms with E-state index in [1.165, 1.54) is 20.0 Å². The lowest BCUT2D eigenvalue weighted by Crippen LogP contribution is -2.51. The van der Waals surface area contributed by atoms with Crippen molar-refractivity contribution in [2.45, 2.75) is 50.6 Å². The number of methoxy groups -OCH3 is 1. The van der Waals surface area contributed by atoms with Crippen LogP contribution in [0.3, 0.4) is 0 Å². The number of nitrogens with one attached hydrogen (secondary N) is 1. The van der Waals surface area contributed by atoms with Crippen LogP contribution < -0.4 is 5.32 Å². The molecule has 0 heterocycles. The highest BCUT2D eigenvalue weighted by molar-refractivity contribution is 5.81. The van der Waals surface area contributed by atoms with Gasteiger partial charge in [0.05, 0.1) is 7.11 Å². The summed E-state index contributed by atoms with van der Waals surface area (Å²) in [5.41, 5.74) is -0.352. The number of carbonyl (C=O) groups is 1. The Morgan fingerprint density at radius 2 is 2.14 bits per heavy atom. The minimum Gasteiger partial charge on any atom is -0.468 e. The van der Waals surface area contributed by atoms with Crippen molar-refractivity contribution in [3.63, 3.8) is 0 Å². The van der Waals surface area contributed by atoms with Crippen LogP contribution in [0.25, 0.3) is 0 Å². The van der Waals surface area contributed by atoms with Gasteiger partial charge in [0.15, 0.2) is 0 Å². The molecule has 80 valence electrons. The molecule has 2 atom stereocenters. The first-order valence-corrected chi connectivity index (χ1v) is 5.52. The minimum atomic E-state index is -0.352. The third kappa shape index (κ3) is 1.78. The molecular formula is C11H19NO2. The maximum Gasteiger partial charge on any atom is 0.326 e. The number of esters is 1. The van der Waals surface area contributed by atoms with Gasteiger partial charge in [0.2, 0.25) is 0 Å². The summed E-state index contributed by atoms with van der Waals surface area (Å²) in [5, 5.41) is 3.47. The molecule has 0 spiro atoms. The van der Waals surface area contributed by atoms with Gasteiger partial charge in [-0.2, -0.15) is 0 Å². The molecule has 3 heteroatoms. The Kier molecular flexibility index (Phi) is 2.52. The largest absolute Gasteiger partial charge is 0.468 e. The standard InChI is InChI=1S/C11H19NO2/c1-8-5-6-11(7-8,10(13)14-2)12-9-3-4-9/h8-9,12H,3-7H2,1-2H3. The van der Waals surface area contributed by atoms with E-state index in [4.69, 9.17) is 4.74 Å². The van der Waals surface area contributed by atoms with Gasteiger partial charge in [-0.1, -0.05) is 6.92 Å². The van der Waals surface area contributed by atoms with Crippen LogP contribution in [0.2, 0.25) is 0 Å². The monoisotopic (exact) mass is 197 g/mol. The van der Waals surface area contributed by atoms with Gasteiger partial charge < -0.3 is 4.74 Å². The van der Waals surface area contributed by atoms with E-state index >= 15 is 0 Å². The predicted octanol–water partition coefficient (Wildman–Crippen LogP) is 1.47. The number of carbonyl (C=O) groups excluding carboxylic acids is 1. The van der Waals surface area contributed by atoms with Gasteiger partial charge in [-0.3, -0.25) is 10.1 Å². The maximum atomic E-state index is 11.8. The van der Waals surface area contributed by atoms with Crippen molar-refractivity contribution in [2.75, 3.05) is 7.11 Å². The van der Waals surface area contributed by atoms with Crippen LogP contribution in [0, 0.1) is 5.92 Å². The summed E-state index contributed by atoms with van der Waals surface area (Å²) in [6.45, 7) is 2.21. The first kappa shape index (κ1) is 9.97. The van der Waals surface area contributed by atoms with Gasteiger partial charge in [-0.05, 0) is 38.0 Å². The second-order valence-electron chi connectivity index (χ2n) is 4.84. The Morgan fingerprint density at radius 3 is 2.57 bits per heavy atom. The quantitative estimate of drug-likeness (QED) is 0.696. The molecule has 0 aliphatic heterocycles. The molecule has 0 aromatic carbocycles. The number of rotatable bonds is 3. The molecule has 3 nitrogen and oxygen atoms in total. The molecule has 1 N–H and O–H groups in total. The summed E-state index contributed by atoms with van der Waals surface area (Å²) >= 11 is 0. The van der Waals surface area contributed by atoms with Crippen LogP contribution in [0.5, 0.6) is 0 Å². The van der Waals surface area contributed by atoms with Gasteiger partial charge in [0.1, 0.15) is 5.54 Å². The third-order valence-corrected chi connectivity index (χ3v) is 3.39. The first-order valence-electron chi connectivity index (χ1n) is 5.52. The van der Waals surface area contributed by atoms with Gasteiger partial charge in [0, 0.05) is 6.04 Å². The second-order valence-corrected chi connectivity index (χ2v) is 4.84. The average Bonchev–Trinajstić information content (AvgIpc) is 2.89. The fraction of sp³-hybridized carbons (Fsp3) is 0.909. The highest BCUT2D eigenvalue weighted by atomic mass is 16.5. The Labute approximate surface area is 85.2 Å². The molecule has 2 aliphatic carbocycles. The lowest BCUT2D eigenvalue weighted by Gasteiger charge is -2.27. The van der Waals surface area contributed by atoms with Crippen molar-refractivity contribution >= 4 is 5.97 Å². The number of hydrogen-bond acceptors (Lipinski definition) is 3. The Morgan fingerprint density at radius 1 is 1.43 bits per heavy atom. The summed E-state index contributed by atoms with van der Waals surface area (Å²) in [6, 6.07) is 0.569. The summed E-state index contributed by atoms with van der Waals surface area (Å²) < 4.78 is 4.91. The molecule has 0 aromatic rings. The minimum absolute atomic E-state index is 0.0613. The van der Waals surface area contributed by atoms with Crippen molar-refractivity contribution in [2.24, 2.45) is 5.92 Å². The Bertz CT molecular complexity index is 237. The Hall–Kier alpha value is -0.570. The summed E-state index contributed by atoms with van der Waals surface area (Å²) in [7, 11) is 1.49. The van der Waals surface area contributed by atoms with E-state index in [1.54, 1.807) is 0 Å². The van der Waals surface area contributed by atoms with Crippen LogP contribution in [0.1, 0.15) is 39.0 Å². The topological polar surface area (TPSA) is 38.3 Å². The number of ether oxygens (including phenoxy) is 1. The van der Waals surface area contributed by atoms with E-state index in [0.717, 1.165) is 19.3 Å². The number of hydrogen-bond donors (Lipinski definition) is 1. The van der Waals surface area contributed by atoms with Gasteiger partial charge in [-0.15, -0.1) is 0 Å². The van der Waals surface area contributed by atoms with E-state index in [1.807, 2.05) is 0 Å². The average molecular weight is 197 g/mol. The van der Waals surface area contributed by atoms with E-state index in [0.29, 0.717) is 12.0 Å². The molecular weight excluding hydrogens is 178 g/mol. The lowest BCUT2D eigenvalue weighted by molar-refractivity contribution is -0.148. The first-order chi connectivity index (χ1) is 6.66. The molecule has 2 unspecified atom stereocenters. The van der Waals surface area contributed by atoms with Crippen molar-refractivity contribution < 1.29 is 9.53 Å². The van der Waals surface area contributed by atoms with Crippen molar-refractivity contribution in [3.05, 3.63) is 0 Å². The fourth-order valence-electron chi connectivity index (χ4n) is 2.48. The van der Waals surface area contributed by atoms with E-state index in [9.17, 15) is 4.79 Å². The lowest BCUT2D eigenvalue weighted by atomic mass is 9.96. The molecule has 0 amide bonds. The molecule has 2 saturated carbocycles. The van der Waals surface area contributed by atoms with Crippen molar-refractivity contribution in [1.29, 1.82) is 0 Å². The van der Waals surface area contributed by atoms with E-state index < -0.39 is 0 Å². The zero-order valence-electron chi connectivity index (χ0n) is 9.01. The third-order valence-electron chi connectivity index (χ3n) is 3.39. The van der Waals surface area contributed by atoms with Crippen LogP contribution in [-0.2, 0) is 9.53 Å². The second kappa shape index (κ2) is 3.54. The highest BCUT2D eigenvalue weighted by Crippen LogP contribution is 2.37. The molecule has 0 bridgehead atoms. The molecule has 0 radical (unpaired) electrons. The zero-order chi connectivity index (χ0) is 10.2. The molecule has 2 fully saturated rings. The molecule has 14 heavy (non-hydrogen) atoms. The van der Waals surface area contributed by atoms with E-state index in [-0.39, 0.29) is 11.5 Å². The van der Waals surface area contributed by atoms with Crippen molar-refractivity contribution in [1.82, 2.24) is 5.32 Å². The SMILES string of the molecule is COC(=O)C1(NC2CC2)CCC(C)C1. The summed E-state index contributed by atoms with van der Waals surface area (Å²) in [6.07, 6.45) is 5.45. The molecule has 0 saturated heterocycles. The molecule has 0 aromatic heterocycles.